The monoisotopic (exact) mass is 398 g/mol. The highest BCUT2D eigenvalue weighted by molar-refractivity contribution is 5.93. The molecule has 0 aromatic heterocycles. The van der Waals surface area contributed by atoms with Gasteiger partial charge >= 0.3 is 0 Å². The lowest BCUT2D eigenvalue weighted by atomic mass is 10.2. The number of carbonyl (C=O) groups excluding carboxylic acids is 1. The molecule has 0 saturated carbocycles. The molecule has 158 valence electrons. The van der Waals surface area contributed by atoms with Crippen molar-refractivity contribution in [3.05, 3.63) is 48.5 Å². The molecule has 0 atom stereocenters. The summed E-state index contributed by atoms with van der Waals surface area (Å²) in [6.07, 6.45) is 4.74. The molecule has 0 saturated heterocycles. The lowest BCUT2D eigenvalue weighted by Crippen LogP contribution is -2.21. The van der Waals surface area contributed by atoms with Gasteiger partial charge in [-0.1, -0.05) is 46.1 Å². The fraction of sp³-hybridized carbons (Fsp3) is 0.458. The van der Waals surface area contributed by atoms with Crippen molar-refractivity contribution in [3.63, 3.8) is 0 Å². The van der Waals surface area contributed by atoms with Crippen molar-refractivity contribution in [2.75, 3.05) is 30.4 Å². The van der Waals surface area contributed by atoms with Crippen molar-refractivity contribution in [3.8, 4) is 11.5 Å². The molecule has 2 rings (SSSR count). The molecule has 1 amide bonds. The van der Waals surface area contributed by atoms with E-state index in [4.69, 9.17) is 9.47 Å². The Bertz CT molecular complexity index is 729. The lowest BCUT2D eigenvalue weighted by molar-refractivity contribution is -0.114. The number of amides is 1. The Morgan fingerprint density at radius 2 is 1.72 bits per heavy atom. The van der Waals surface area contributed by atoms with E-state index in [-0.39, 0.29) is 12.5 Å². The Balaban J connectivity index is 1.73. The van der Waals surface area contributed by atoms with Crippen molar-refractivity contribution in [2.45, 2.75) is 46.5 Å². The highest BCUT2D eigenvalue weighted by Gasteiger charge is 2.04. The summed E-state index contributed by atoms with van der Waals surface area (Å²) in [5.41, 5.74) is 1.61. The van der Waals surface area contributed by atoms with Gasteiger partial charge in [-0.05, 0) is 48.7 Å². The first-order valence-corrected chi connectivity index (χ1v) is 10.6. The van der Waals surface area contributed by atoms with E-state index in [0.29, 0.717) is 12.5 Å². The Morgan fingerprint density at radius 1 is 0.931 bits per heavy atom. The summed E-state index contributed by atoms with van der Waals surface area (Å²) in [6.45, 7) is 8.00. The van der Waals surface area contributed by atoms with E-state index in [0.717, 1.165) is 35.9 Å². The normalized spacial score (nSPS) is 10.6. The van der Waals surface area contributed by atoms with Crippen LogP contribution in [0, 0.1) is 5.92 Å². The lowest BCUT2D eigenvalue weighted by Gasteiger charge is -2.12. The zero-order valence-electron chi connectivity index (χ0n) is 17.9. The fourth-order valence-corrected chi connectivity index (χ4v) is 2.70. The second-order valence-corrected chi connectivity index (χ2v) is 7.57. The van der Waals surface area contributed by atoms with E-state index in [1.807, 2.05) is 48.5 Å². The van der Waals surface area contributed by atoms with Gasteiger partial charge in [0.05, 0.1) is 19.8 Å². The molecule has 5 heteroatoms. The summed E-state index contributed by atoms with van der Waals surface area (Å²) in [7, 11) is 0. The predicted octanol–water partition coefficient (Wildman–Crippen LogP) is 5.73. The first-order valence-electron chi connectivity index (χ1n) is 10.6. The molecule has 29 heavy (non-hydrogen) atoms. The van der Waals surface area contributed by atoms with Crippen LogP contribution in [-0.4, -0.2) is 25.7 Å². The Morgan fingerprint density at radius 3 is 2.45 bits per heavy atom. The Labute approximate surface area is 174 Å². The molecular weight excluding hydrogens is 364 g/mol. The third-order valence-corrected chi connectivity index (χ3v) is 4.28. The quantitative estimate of drug-likeness (QED) is 0.423. The number of ether oxygens (including phenoxy) is 2. The number of benzene rings is 2. The van der Waals surface area contributed by atoms with E-state index >= 15 is 0 Å². The second-order valence-electron chi connectivity index (χ2n) is 7.57. The molecule has 2 N–H and O–H groups in total. The summed E-state index contributed by atoms with van der Waals surface area (Å²) < 4.78 is 11.4. The van der Waals surface area contributed by atoms with Gasteiger partial charge in [0.25, 0.3) is 0 Å². The number of anilines is 2. The van der Waals surface area contributed by atoms with Gasteiger partial charge in [0, 0.05) is 17.4 Å². The zero-order chi connectivity index (χ0) is 20.9. The van der Waals surface area contributed by atoms with E-state index in [1.165, 1.54) is 19.3 Å². The van der Waals surface area contributed by atoms with Gasteiger partial charge in [-0.15, -0.1) is 0 Å². The molecular formula is C24H34N2O3. The number of hydrogen-bond donors (Lipinski definition) is 2. The molecule has 0 aliphatic rings. The smallest absolute Gasteiger partial charge is 0.243 e. The van der Waals surface area contributed by atoms with E-state index < -0.39 is 0 Å². The van der Waals surface area contributed by atoms with Crippen molar-refractivity contribution in [1.82, 2.24) is 0 Å². The fourth-order valence-electron chi connectivity index (χ4n) is 2.70. The van der Waals surface area contributed by atoms with Gasteiger partial charge in [-0.2, -0.15) is 0 Å². The van der Waals surface area contributed by atoms with Crippen LogP contribution in [0.2, 0.25) is 0 Å². The Hall–Kier alpha value is -2.69. The molecule has 5 nitrogen and oxygen atoms in total. The van der Waals surface area contributed by atoms with Crippen LogP contribution in [-0.2, 0) is 4.79 Å². The molecule has 0 fully saturated rings. The molecule has 2 aromatic rings. The minimum Gasteiger partial charge on any atom is -0.494 e. The first-order chi connectivity index (χ1) is 14.1. The first kappa shape index (κ1) is 22.6. The van der Waals surface area contributed by atoms with Gasteiger partial charge in [0.15, 0.2) is 0 Å². The van der Waals surface area contributed by atoms with Crippen molar-refractivity contribution in [2.24, 2.45) is 5.92 Å². The minimum atomic E-state index is -0.105. The maximum atomic E-state index is 12.2. The molecule has 0 bridgehead atoms. The number of unbranched alkanes of at least 4 members (excludes halogenated alkanes) is 3. The van der Waals surface area contributed by atoms with Gasteiger partial charge in [-0.25, -0.2) is 0 Å². The molecule has 0 spiro atoms. The zero-order valence-corrected chi connectivity index (χ0v) is 17.9. The summed E-state index contributed by atoms with van der Waals surface area (Å²) in [5.74, 6) is 1.99. The standard InChI is InChI=1S/C24H34N2O3/c1-4-5-6-7-15-28-22-13-11-20(12-14-22)26-24(27)17-25-21-9-8-10-23(16-21)29-18-19(2)3/h8-14,16,19,25H,4-7,15,17-18H2,1-3H3,(H,26,27). The van der Waals surface area contributed by atoms with Crippen molar-refractivity contribution in [1.29, 1.82) is 0 Å². The van der Waals surface area contributed by atoms with Crippen LogP contribution in [0.1, 0.15) is 46.5 Å². The number of rotatable bonds is 13. The van der Waals surface area contributed by atoms with Crippen LogP contribution in [0.15, 0.2) is 48.5 Å². The number of hydrogen-bond acceptors (Lipinski definition) is 4. The summed E-state index contributed by atoms with van der Waals surface area (Å²) >= 11 is 0. The van der Waals surface area contributed by atoms with Crippen molar-refractivity contribution >= 4 is 17.3 Å². The summed E-state index contributed by atoms with van der Waals surface area (Å²) in [5, 5.41) is 6.02. The number of carbonyl (C=O) groups is 1. The molecule has 0 heterocycles. The van der Waals surface area contributed by atoms with Crippen LogP contribution in [0.25, 0.3) is 0 Å². The summed E-state index contributed by atoms with van der Waals surface area (Å²) in [4.78, 5) is 12.2. The van der Waals surface area contributed by atoms with Crippen LogP contribution < -0.4 is 20.1 Å². The Kier molecular flexibility index (Phi) is 9.90. The third-order valence-electron chi connectivity index (χ3n) is 4.28. The van der Waals surface area contributed by atoms with Gasteiger partial charge < -0.3 is 20.1 Å². The van der Waals surface area contributed by atoms with Gasteiger partial charge in [0.1, 0.15) is 11.5 Å². The average molecular weight is 399 g/mol. The van der Waals surface area contributed by atoms with E-state index in [1.54, 1.807) is 0 Å². The van der Waals surface area contributed by atoms with Gasteiger partial charge in [0.2, 0.25) is 5.91 Å². The minimum absolute atomic E-state index is 0.105. The molecule has 2 aromatic carbocycles. The molecule has 0 unspecified atom stereocenters. The maximum absolute atomic E-state index is 12.2. The predicted molar refractivity (Wildman–Crippen MR) is 120 cm³/mol. The second kappa shape index (κ2) is 12.7. The topological polar surface area (TPSA) is 59.6 Å². The maximum Gasteiger partial charge on any atom is 0.243 e. The SMILES string of the molecule is CCCCCCOc1ccc(NC(=O)CNc2cccc(OCC(C)C)c2)cc1. The number of nitrogens with one attached hydrogen (secondary N) is 2. The van der Waals surface area contributed by atoms with Crippen molar-refractivity contribution < 1.29 is 14.3 Å². The molecule has 0 radical (unpaired) electrons. The summed E-state index contributed by atoms with van der Waals surface area (Å²) in [6, 6.07) is 15.2. The highest BCUT2D eigenvalue weighted by atomic mass is 16.5. The van der Waals surface area contributed by atoms with Crippen LogP contribution >= 0.6 is 0 Å². The van der Waals surface area contributed by atoms with Crippen LogP contribution in [0.4, 0.5) is 11.4 Å². The van der Waals surface area contributed by atoms with E-state index in [2.05, 4.69) is 31.4 Å². The average Bonchev–Trinajstić information content (AvgIpc) is 2.72. The third kappa shape index (κ3) is 9.37. The van der Waals surface area contributed by atoms with Crippen LogP contribution in [0.3, 0.4) is 0 Å². The van der Waals surface area contributed by atoms with E-state index in [9.17, 15) is 4.79 Å². The highest BCUT2D eigenvalue weighted by Crippen LogP contribution is 2.19. The molecule has 0 aliphatic carbocycles. The largest absolute Gasteiger partial charge is 0.494 e. The molecule has 0 aliphatic heterocycles. The van der Waals surface area contributed by atoms with Crippen LogP contribution in [0.5, 0.6) is 11.5 Å². The van der Waals surface area contributed by atoms with Gasteiger partial charge in [-0.3, -0.25) is 4.79 Å².